The Bertz CT molecular complexity index is 1940. The van der Waals surface area contributed by atoms with Crippen molar-refractivity contribution >= 4 is 41.1 Å². The van der Waals surface area contributed by atoms with E-state index in [-0.39, 0.29) is 25.5 Å². The Balaban J connectivity index is 1.36. The molecule has 0 aliphatic carbocycles. The smallest absolute Gasteiger partial charge is 0.266 e. The zero-order valence-corrected chi connectivity index (χ0v) is 28.8. The van der Waals surface area contributed by atoms with Gasteiger partial charge in [0.15, 0.2) is 11.6 Å². The minimum atomic E-state index is -1.39. The predicted octanol–water partition coefficient (Wildman–Crippen LogP) is 8.60. The monoisotopic (exact) mass is 705 g/mol. The summed E-state index contributed by atoms with van der Waals surface area (Å²) in [4.78, 5) is 19.6. The molecular formula is C41H37Cl2N3O4. The standard InChI is InChI=1S/C41H37Cl2N3O4/c42-35-21-18-34(37(43)27-35)28-44-46-40(48)41(24-7-11-29-9-3-1-4-10-29)38(32-16-14-31(15-17-32)30-12-5-2-6-13-30)50-39(45-41)33-19-22-36(23-20-33)49-26-8-25-47/h1-7,9-23,27,38,44,47H,8,24-26,28H2,(H,46,48)/b11-7+/t38-,41-/m0/s1. The predicted molar refractivity (Wildman–Crippen MR) is 200 cm³/mol. The van der Waals surface area contributed by atoms with E-state index in [2.05, 4.69) is 23.0 Å². The molecule has 1 aliphatic rings. The van der Waals surface area contributed by atoms with Gasteiger partial charge in [0.1, 0.15) is 5.75 Å². The molecule has 9 heteroatoms. The second kappa shape index (κ2) is 16.7. The average molecular weight is 707 g/mol. The number of aliphatic imine (C=N–C) groups is 1. The Morgan fingerprint density at radius 2 is 1.54 bits per heavy atom. The molecule has 50 heavy (non-hydrogen) atoms. The number of benzene rings is 5. The highest BCUT2D eigenvalue weighted by atomic mass is 35.5. The van der Waals surface area contributed by atoms with E-state index < -0.39 is 11.6 Å². The molecule has 5 aromatic carbocycles. The first-order valence-electron chi connectivity index (χ1n) is 16.4. The number of hydrazine groups is 1. The second-order valence-corrected chi connectivity index (χ2v) is 12.7. The third-order valence-electron chi connectivity index (χ3n) is 8.39. The molecule has 1 aliphatic heterocycles. The molecule has 254 valence electrons. The van der Waals surface area contributed by atoms with Crippen molar-refractivity contribution in [1.82, 2.24) is 10.9 Å². The van der Waals surface area contributed by atoms with Crippen LogP contribution in [-0.2, 0) is 16.1 Å². The van der Waals surface area contributed by atoms with Crippen molar-refractivity contribution in [3.63, 3.8) is 0 Å². The minimum absolute atomic E-state index is 0.0565. The maximum Gasteiger partial charge on any atom is 0.266 e. The van der Waals surface area contributed by atoms with E-state index in [9.17, 15) is 4.79 Å². The Morgan fingerprint density at radius 3 is 2.24 bits per heavy atom. The van der Waals surface area contributed by atoms with E-state index in [4.69, 9.17) is 42.8 Å². The van der Waals surface area contributed by atoms with Crippen molar-refractivity contribution in [2.24, 2.45) is 4.99 Å². The summed E-state index contributed by atoms with van der Waals surface area (Å²) in [6.07, 6.45) is 3.97. The highest BCUT2D eigenvalue weighted by molar-refractivity contribution is 6.35. The number of nitrogens with one attached hydrogen (secondary N) is 2. The number of carbonyl (C=O) groups is 1. The number of aliphatic hydroxyl groups is 1. The van der Waals surface area contributed by atoms with Gasteiger partial charge >= 0.3 is 0 Å². The van der Waals surface area contributed by atoms with Crippen LogP contribution >= 0.6 is 23.2 Å². The lowest BCUT2D eigenvalue weighted by atomic mass is 9.84. The van der Waals surface area contributed by atoms with Gasteiger partial charge in [-0.15, -0.1) is 0 Å². The van der Waals surface area contributed by atoms with E-state index in [0.29, 0.717) is 40.3 Å². The molecule has 0 unspecified atom stereocenters. The van der Waals surface area contributed by atoms with Crippen LogP contribution in [0.4, 0.5) is 0 Å². The van der Waals surface area contributed by atoms with E-state index in [1.54, 1.807) is 12.1 Å². The third kappa shape index (κ3) is 8.44. The number of hydrogen-bond donors (Lipinski definition) is 3. The largest absolute Gasteiger partial charge is 0.494 e. The van der Waals surface area contributed by atoms with E-state index in [1.807, 2.05) is 115 Å². The van der Waals surface area contributed by atoms with Crippen molar-refractivity contribution in [2.45, 2.75) is 31.0 Å². The number of amides is 1. The van der Waals surface area contributed by atoms with Gasteiger partial charge in [-0.1, -0.05) is 126 Å². The van der Waals surface area contributed by atoms with Gasteiger partial charge in [0, 0.05) is 41.6 Å². The Morgan fingerprint density at radius 1 is 0.860 bits per heavy atom. The topological polar surface area (TPSA) is 92.2 Å². The molecule has 0 saturated heterocycles. The lowest BCUT2D eigenvalue weighted by Gasteiger charge is -2.30. The van der Waals surface area contributed by atoms with Crippen LogP contribution in [0.1, 0.15) is 41.2 Å². The molecule has 0 fully saturated rings. The van der Waals surface area contributed by atoms with E-state index >= 15 is 0 Å². The van der Waals surface area contributed by atoms with Gasteiger partial charge in [-0.2, -0.15) is 0 Å². The first kappa shape index (κ1) is 34.9. The zero-order chi connectivity index (χ0) is 34.8. The molecular weight excluding hydrogens is 669 g/mol. The summed E-state index contributed by atoms with van der Waals surface area (Å²) >= 11 is 12.5. The zero-order valence-electron chi connectivity index (χ0n) is 27.3. The Labute approximate surface area is 302 Å². The summed E-state index contributed by atoms with van der Waals surface area (Å²) in [6, 6.07) is 40.7. The van der Waals surface area contributed by atoms with Gasteiger partial charge in [-0.05, 0) is 64.2 Å². The molecule has 2 atom stereocenters. The summed E-state index contributed by atoms with van der Waals surface area (Å²) in [7, 11) is 0. The quantitative estimate of drug-likeness (QED) is 0.0795. The van der Waals surface area contributed by atoms with Crippen LogP contribution in [0.25, 0.3) is 17.2 Å². The number of halogens is 2. The average Bonchev–Trinajstić information content (AvgIpc) is 3.54. The van der Waals surface area contributed by atoms with Gasteiger partial charge in [-0.3, -0.25) is 10.2 Å². The Kier molecular flexibility index (Phi) is 11.6. The molecule has 0 radical (unpaired) electrons. The van der Waals surface area contributed by atoms with Gasteiger partial charge in [0.2, 0.25) is 5.90 Å². The number of hydrogen-bond acceptors (Lipinski definition) is 6. The summed E-state index contributed by atoms with van der Waals surface area (Å²) in [6.45, 7) is 0.726. The first-order valence-corrected chi connectivity index (χ1v) is 17.2. The summed E-state index contributed by atoms with van der Waals surface area (Å²) in [5, 5.41) is 10.1. The molecule has 1 heterocycles. The van der Waals surface area contributed by atoms with Crippen molar-refractivity contribution in [2.75, 3.05) is 13.2 Å². The maximum absolute atomic E-state index is 14.5. The maximum atomic E-state index is 14.5. The fourth-order valence-corrected chi connectivity index (χ4v) is 6.20. The normalized spacial score (nSPS) is 16.9. The van der Waals surface area contributed by atoms with Crippen LogP contribution in [0.15, 0.2) is 138 Å². The SMILES string of the molecule is O=C(NNCc1ccc(Cl)cc1Cl)[C@@]1(C/C=C/c2ccccc2)N=C(c2ccc(OCCCO)cc2)O[C@H]1c1ccc(-c2ccccc2)cc1. The van der Waals surface area contributed by atoms with Crippen molar-refractivity contribution in [1.29, 1.82) is 0 Å². The van der Waals surface area contributed by atoms with Gasteiger partial charge in [-0.25, -0.2) is 10.4 Å². The van der Waals surface area contributed by atoms with Crippen LogP contribution in [-0.4, -0.2) is 35.7 Å². The summed E-state index contributed by atoms with van der Waals surface area (Å²) < 4.78 is 12.4. The molecule has 0 bridgehead atoms. The number of carbonyl (C=O) groups excluding carboxylic acids is 1. The lowest BCUT2D eigenvalue weighted by molar-refractivity contribution is -0.129. The fraction of sp³-hybridized carbons (Fsp3) is 0.171. The summed E-state index contributed by atoms with van der Waals surface area (Å²) in [5.74, 6) is 0.637. The van der Waals surface area contributed by atoms with Gasteiger partial charge < -0.3 is 14.6 Å². The molecule has 5 aromatic rings. The van der Waals surface area contributed by atoms with Crippen molar-refractivity contribution in [3.8, 4) is 16.9 Å². The van der Waals surface area contributed by atoms with E-state index in [1.165, 1.54) is 0 Å². The van der Waals surface area contributed by atoms with Crippen molar-refractivity contribution < 1.29 is 19.4 Å². The highest BCUT2D eigenvalue weighted by Crippen LogP contribution is 2.43. The van der Waals surface area contributed by atoms with E-state index in [0.717, 1.165) is 27.8 Å². The van der Waals surface area contributed by atoms with Gasteiger partial charge in [0.05, 0.1) is 6.61 Å². The third-order valence-corrected chi connectivity index (χ3v) is 8.97. The lowest BCUT2D eigenvalue weighted by Crippen LogP contribution is -2.52. The van der Waals surface area contributed by atoms with Gasteiger partial charge in [0.25, 0.3) is 5.91 Å². The summed E-state index contributed by atoms with van der Waals surface area (Å²) in [5.41, 5.74) is 9.99. The molecule has 1 amide bonds. The molecule has 7 nitrogen and oxygen atoms in total. The van der Waals surface area contributed by atoms with Crippen molar-refractivity contribution in [3.05, 3.63) is 166 Å². The number of rotatable bonds is 14. The number of ether oxygens (including phenoxy) is 2. The number of aliphatic hydroxyl groups excluding tert-OH is 1. The first-order chi connectivity index (χ1) is 24.4. The fourth-order valence-electron chi connectivity index (χ4n) is 5.73. The molecule has 0 saturated carbocycles. The molecule has 0 spiro atoms. The Hall–Kier alpha value is -4.92. The van der Waals surface area contributed by atoms with Crippen LogP contribution < -0.4 is 15.6 Å². The molecule has 3 N–H and O–H groups in total. The van der Waals surface area contributed by atoms with Crippen LogP contribution in [0.3, 0.4) is 0 Å². The molecule has 6 rings (SSSR count). The second-order valence-electron chi connectivity index (χ2n) is 11.8. The minimum Gasteiger partial charge on any atom is -0.494 e. The number of nitrogens with zero attached hydrogens (tertiary/aromatic N) is 1. The molecule has 0 aromatic heterocycles. The van der Waals surface area contributed by atoms with Crippen LogP contribution in [0.5, 0.6) is 5.75 Å². The van der Waals surface area contributed by atoms with Crippen LogP contribution in [0.2, 0.25) is 10.0 Å². The van der Waals surface area contributed by atoms with Crippen LogP contribution in [0, 0.1) is 0 Å². The highest BCUT2D eigenvalue weighted by Gasteiger charge is 2.52.